The molecule has 0 bridgehead atoms. The molecule has 1 aliphatic heterocycles. The molecule has 1 aromatic carbocycles. The SMILES string of the molecule is O=C(O)c1ccccc1-c1cn2c(n1)CCC2. The molecular formula is C13H12N2O2. The van der Waals surface area contributed by atoms with Gasteiger partial charge in [-0.2, -0.15) is 0 Å². The molecule has 0 atom stereocenters. The van der Waals surface area contributed by atoms with Crippen LogP contribution in [0.1, 0.15) is 22.6 Å². The first-order valence-electron chi connectivity index (χ1n) is 5.64. The van der Waals surface area contributed by atoms with Crippen molar-refractivity contribution in [1.82, 2.24) is 9.55 Å². The lowest BCUT2D eigenvalue weighted by Crippen LogP contribution is -1.99. The number of aryl methyl sites for hydroxylation is 2. The summed E-state index contributed by atoms with van der Waals surface area (Å²) in [5.41, 5.74) is 1.77. The summed E-state index contributed by atoms with van der Waals surface area (Å²) in [7, 11) is 0. The largest absolute Gasteiger partial charge is 0.478 e. The van der Waals surface area contributed by atoms with Gasteiger partial charge in [0.1, 0.15) is 5.82 Å². The Hall–Kier alpha value is -2.10. The molecule has 86 valence electrons. The van der Waals surface area contributed by atoms with E-state index in [-0.39, 0.29) is 0 Å². The van der Waals surface area contributed by atoms with Crippen molar-refractivity contribution in [2.45, 2.75) is 19.4 Å². The number of carbonyl (C=O) groups is 1. The molecule has 0 saturated heterocycles. The van der Waals surface area contributed by atoms with Crippen molar-refractivity contribution in [1.29, 1.82) is 0 Å². The van der Waals surface area contributed by atoms with Crippen LogP contribution in [0.25, 0.3) is 11.3 Å². The molecule has 2 heterocycles. The van der Waals surface area contributed by atoms with E-state index in [0.29, 0.717) is 11.1 Å². The van der Waals surface area contributed by atoms with Crippen molar-refractivity contribution in [3.63, 3.8) is 0 Å². The van der Waals surface area contributed by atoms with Crippen LogP contribution in [0.5, 0.6) is 0 Å². The molecule has 0 spiro atoms. The zero-order chi connectivity index (χ0) is 11.8. The highest BCUT2D eigenvalue weighted by Gasteiger charge is 2.17. The van der Waals surface area contributed by atoms with Gasteiger partial charge in [-0.3, -0.25) is 0 Å². The third-order valence-corrected chi connectivity index (χ3v) is 3.09. The third-order valence-electron chi connectivity index (χ3n) is 3.09. The Labute approximate surface area is 98.5 Å². The Balaban J connectivity index is 2.11. The predicted octanol–water partition coefficient (Wildman–Crippen LogP) is 2.19. The second kappa shape index (κ2) is 3.73. The first kappa shape index (κ1) is 10.1. The van der Waals surface area contributed by atoms with Crippen LogP contribution in [0.15, 0.2) is 30.5 Å². The molecule has 17 heavy (non-hydrogen) atoms. The van der Waals surface area contributed by atoms with Gasteiger partial charge in [-0.1, -0.05) is 18.2 Å². The number of nitrogens with zero attached hydrogens (tertiary/aromatic N) is 2. The summed E-state index contributed by atoms with van der Waals surface area (Å²) in [6.45, 7) is 0.984. The van der Waals surface area contributed by atoms with Gasteiger partial charge in [0.15, 0.2) is 0 Å². The van der Waals surface area contributed by atoms with E-state index in [1.54, 1.807) is 12.1 Å². The highest BCUT2D eigenvalue weighted by Crippen LogP contribution is 2.25. The van der Waals surface area contributed by atoms with Crippen LogP contribution in [0.2, 0.25) is 0 Å². The van der Waals surface area contributed by atoms with Crippen molar-refractivity contribution >= 4 is 5.97 Å². The summed E-state index contributed by atoms with van der Waals surface area (Å²) in [6, 6.07) is 6.99. The van der Waals surface area contributed by atoms with E-state index in [4.69, 9.17) is 5.11 Å². The summed E-state index contributed by atoms with van der Waals surface area (Å²) >= 11 is 0. The molecule has 4 nitrogen and oxygen atoms in total. The quantitative estimate of drug-likeness (QED) is 0.857. The highest BCUT2D eigenvalue weighted by molar-refractivity contribution is 5.95. The number of aromatic nitrogens is 2. The summed E-state index contributed by atoms with van der Waals surface area (Å²) < 4.78 is 2.11. The van der Waals surface area contributed by atoms with E-state index in [9.17, 15) is 4.79 Å². The number of rotatable bonds is 2. The summed E-state index contributed by atoms with van der Waals surface area (Å²) in [6.07, 6.45) is 4.06. The molecule has 0 aliphatic carbocycles. The minimum Gasteiger partial charge on any atom is -0.478 e. The Bertz CT molecular complexity index is 565. The molecule has 0 saturated carbocycles. The minimum absolute atomic E-state index is 0.310. The average molecular weight is 228 g/mol. The van der Waals surface area contributed by atoms with Gasteiger partial charge in [0, 0.05) is 24.7 Å². The third kappa shape index (κ3) is 1.62. The lowest BCUT2D eigenvalue weighted by Gasteiger charge is -2.02. The van der Waals surface area contributed by atoms with Gasteiger partial charge in [0.25, 0.3) is 0 Å². The summed E-state index contributed by atoms with van der Waals surface area (Å²) in [4.78, 5) is 15.6. The standard InChI is InChI=1S/C13H12N2O2/c16-13(17)10-5-2-1-4-9(10)11-8-15-7-3-6-12(15)14-11/h1-2,4-5,8H,3,6-7H2,(H,16,17). The van der Waals surface area contributed by atoms with Crippen LogP contribution in [-0.2, 0) is 13.0 Å². The van der Waals surface area contributed by atoms with Gasteiger partial charge < -0.3 is 9.67 Å². The number of hydrogen-bond acceptors (Lipinski definition) is 2. The smallest absolute Gasteiger partial charge is 0.336 e. The van der Waals surface area contributed by atoms with Crippen molar-refractivity contribution in [3.05, 3.63) is 41.9 Å². The molecule has 1 aliphatic rings. The predicted molar refractivity (Wildman–Crippen MR) is 62.9 cm³/mol. The number of carboxylic acid groups (broad SMARTS) is 1. The van der Waals surface area contributed by atoms with Crippen molar-refractivity contribution in [2.24, 2.45) is 0 Å². The molecule has 0 unspecified atom stereocenters. The van der Waals surface area contributed by atoms with Crippen LogP contribution in [0, 0.1) is 0 Å². The monoisotopic (exact) mass is 228 g/mol. The maximum atomic E-state index is 11.1. The van der Waals surface area contributed by atoms with Crippen LogP contribution in [0.3, 0.4) is 0 Å². The number of imidazole rings is 1. The van der Waals surface area contributed by atoms with Crippen LogP contribution >= 0.6 is 0 Å². The maximum Gasteiger partial charge on any atom is 0.336 e. The molecule has 1 N–H and O–H groups in total. The molecular weight excluding hydrogens is 216 g/mol. The van der Waals surface area contributed by atoms with E-state index in [2.05, 4.69) is 9.55 Å². The van der Waals surface area contributed by atoms with Crippen LogP contribution in [0.4, 0.5) is 0 Å². The molecule has 1 aromatic heterocycles. The van der Waals surface area contributed by atoms with Crippen molar-refractivity contribution in [3.8, 4) is 11.3 Å². The fourth-order valence-corrected chi connectivity index (χ4v) is 2.28. The molecule has 0 radical (unpaired) electrons. The highest BCUT2D eigenvalue weighted by atomic mass is 16.4. The number of fused-ring (bicyclic) bond motifs is 1. The number of hydrogen-bond donors (Lipinski definition) is 1. The van der Waals surface area contributed by atoms with E-state index in [1.165, 1.54) is 0 Å². The van der Waals surface area contributed by atoms with Crippen LogP contribution < -0.4 is 0 Å². The fraction of sp³-hybridized carbons (Fsp3) is 0.231. The normalized spacial score (nSPS) is 13.6. The van der Waals surface area contributed by atoms with E-state index in [1.807, 2.05) is 18.3 Å². The second-order valence-corrected chi connectivity index (χ2v) is 4.19. The Kier molecular flexibility index (Phi) is 2.21. The van der Waals surface area contributed by atoms with E-state index in [0.717, 1.165) is 30.9 Å². The van der Waals surface area contributed by atoms with Gasteiger partial charge in [0.05, 0.1) is 11.3 Å². The Morgan fingerprint density at radius 1 is 1.35 bits per heavy atom. The van der Waals surface area contributed by atoms with Gasteiger partial charge in [0.2, 0.25) is 0 Å². The summed E-state index contributed by atoms with van der Waals surface area (Å²) in [5.74, 6) is 0.147. The van der Waals surface area contributed by atoms with Gasteiger partial charge in [-0.15, -0.1) is 0 Å². The van der Waals surface area contributed by atoms with Crippen molar-refractivity contribution < 1.29 is 9.90 Å². The average Bonchev–Trinajstić information content (AvgIpc) is 2.88. The van der Waals surface area contributed by atoms with Gasteiger partial charge in [-0.05, 0) is 12.5 Å². The molecule has 4 heteroatoms. The first-order valence-corrected chi connectivity index (χ1v) is 5.64. The minimum atomic E-state index is -0.909. The van der Waals surface area contributed by atoms with Crippen molar-refractivity contribution in [2.75, 3.05) is 0 Å². The molecule has 0 amide bonds. The maximum absolute atomic E-state index is 11.1. The lowest BCUT2D eigenvalue weighted by atomic mass is 10.1. The lowest BCUT2D eigenvalue weighted by molar-refractivity contribution is 0.0697. The topological polar surface area (TPSA) is 55.1 Å². The summed E-state index contributed by atoms with van der Waals surface area (Å²) in [5, 5.41) is 9.14. The zero-order valence-corrected chi connectivity index (χ0v) is 9.26. The van der Waals surface area contributed by atoms with E-state index >= 15 is 0 Å². The Morgan fingerprint density at radius 3 is 2.94 bits per heavy atom. The number of benzene rings is 1. The number of aromatic carboxylic acids is 1. The molecule has 3 rings (SSSR count). The van der Waals surface area contributed by atoms with Gasteiger partial charge in [-0.25, -0.2) is 9.78 Å². The molecule has 0 fully saturated rings. The molecule has 2 aromatic rings. The first-order chi connectivity index (χ1) is 8.25. The van der Waals surface area contributed by atoms with E-state index < -0.39 is 5.97 Å². The fourth-order valence-electron chi connectivity index (χ4n) is 2.28. The Morgan fingerprint density at radius 2 is 2.18 bits per heavy atom. The van der Waals surface area contributed by atoms with Gasteiger partial charge >= 0.3 is 5.97 Å². The second-order valence-electron chi connectivity index (χ2n) is 4.19. The van der Waals surface area contributed by atoms with Crippen LogP contribution in [-0.4, -0.2) is 20.6 Å². The zero-order valence-electron chi connectivity index (χ0n) is 9.26. The number of carboxylic acids is 1.